The number of nitrogens with one attached hydrogen (secondary N) is 1. The van der Waals surface area contributed by atoms with E-state index in [0.717, 1.165) is 13.0 Å². The lowest BCUT2D eigenvalue weighted by Crippen LogP contribution is -2.54. The fraction of sp³-hybridized carbons (Fsp3) is 0.700. The molecule has 24 heavy (non-hydrogen) atoms. The van der Waals surface area contributed by atoms with E-state index in [1.807, 2.05) is 6.07 Å². The largest absolute Gasteiger partial charge is 0.414 e. The molecular formula is C20H35NO2Si. The van der Waals surface area contributed by atoms with Gasteiger partial charge >= 0.3 is 0 Å². The second-order valence-corrected chi connectivity index (χ2v) is 13.6. The minimum Gasteiger partial charge on any atom is -0.414 e. The Morgan fingerprint density at radius 3 is 2.33 bits per heavy atom. The molecule has 2 atom stereocenters. The molecule has 1 heterocycles. The first kappa shape index (κ1) is 19.6. The van der Waals surface area contributed by atoms with Crippen molar-refractivity contribution in [3.05, 3.63) is 35.9 Å². The van der Waals surface area contributed by atoms with Crippen LogP contribution in [0.5, 0.6) is 0 Å². The molecule has 3 nitrogen and oxygen atoms in total. The summed E-state index contributed by atoms with van der Waals surface area (Å²) in [5.41, 5.74) is 0.927. The van der Waals surface area contributed by atoms with Gasteiger partial charge in [0.25, 0.3) is 0 Å². The monoisotopic (exact) mass is 349 g/mol. The van der Waals surface area contributed by atoms with Gasteiger partial charge in [0.15, 0.2) is 8.32 Å². The Morgan fingerprint density at radius 1 is 1.12 bits per heavy atom. The lowest BCUT2D eigenvalue weighted by atomic mass is 9.95. The molecule has 1 aliphatic heterocycles. The van der Waals surface area contributed by atoms with Crippen LogP contribution in [0.1, 0.15) is 46.1 Å². The SMILES string of the molecule is CC(C)(C)[Si](C)(C)OC[C@](C)(OCc1ccccc1)[C@@H]1CCCN1. The lowest BCUT2D eigenvalue weighted by Gasteiger charge is -2.42. The molecule has 1 aliphatic rings. The zero-order valence-electron chi connectivity index (χ0n) is 16.3. The zero-order valence-corrected chi connectivity index (χ0v) is 17.3. The van der Waals surface area contributed by atoms with Crippen LogP contribution in [0.2, 0.25) is 18.1 Å². The van der Waals surface area contributed by atoms with Crippen molar-refractivity contribution in [2.24, 2.45) is 0 Å². The van der Waals surface area contributed by atoms with E-state index in [1.54, 1.807) is 0 Å². The minimum absolute atomic E-state index is 0.219. The predicted molar refractivity (Wildman–Crippen MR) is 104 cm³/mol. The maximum Gasteiger partial charge on any atom is 0.192 e. The molecule has 0 amide bonds. The molecule has 0 aliphatic carbocycles. The normalized spacial score (nSPS) is 21.7. The maximum absolute atomic E-state index is 6.53. The lowest BCUT2D eigenvalue weighted by molar-refractivity contribution is -0.0923. The summed E-state index contributed by atoms with van der Waals surface area (Å²) < 4.78 is 13.0. The third-order valence-electron chi connectivity index (χ3n) is 5.73. The third-order valence-corrected chi connectivity index (χ3v) is 10.2. The van der Waals surface area contributed by atoms with E-state index < -0.39 is 8.32 Å². The van der Waals surface area contributed by atoms with Crippen molar-refractivity contribution in [1.82, 2.24) is 5.32 Å². The summed E-state index contributed by atoms with van der Waals surface area (Å²) in [5.74, 6) is 0. The molecular weight excluding hydrogens is 314 g/mol. The van der Waals surface area contributed by atoms with Gasteiger partial charge in [-0.1, -0.05) is 51.1 Å². The Labute approximate surface area is 149 Å². The quantitative estimate of drug-likeness (QED) is 0.722. The number of hydrogen-bond donors (Lipinski definition) is 1. The van der Waals surface area contributed by atoms with Gasteiger partial charge < -0.3 is 14.5 Å². The van der Waals surface area contributed by atoms with Crippen LogP contribution in [0.25, 0.3) is 0 Å². The van der Waals surface area contributed by atoms with E-state index >= 15 is 0 Å². The van der Waals surface area contributed by atoms with Gasteiger partial charge in [0.05, 0.1) is 13.2 Å². The molecule has 1 N–H and O–H groups in total. The molecule has 2 rings (SSSR count). The summed E-state index contributed by atoms with van der Waals surface area (Å²) in [5, 5.41) is 3.84. The van der Waals surface area contributed by atoms with Crippen molar-refractivity contribution in [1.29, 1.82) is 0 Å². The molecule has 4 heteroatoms. The van der Waals surface area contributed by atoms with E-state index in [1.165, 1.54) is 12.0 Å². The second-order valence-electron chi connectivity index (χ2n) is 8.78. The summed E-state index contributed by atoms with van der Waals surface area (Å²) in [7, 11) is -1.78. The Bertz CT molecular complexity index is 506. The van der Waals surface area contributed by atoms with Crippen molar-refractivity contribution >= 4 is 8.32 Å². The van der Waals surface area contributed by atoms with E-state index in [2.05, 4.69) is 70.4 Å². The van der Waals surface area contributed by atoms with Crippen molar-refractivity contribution in [3.63, 3.8) is 0 Å². The first-order valence-electron chi connectivity index (χ1n) is 9.19. The first-order valence-corrected chi connectivity index (χ1v) is 12.1. The van der Waals surface area contributed by atoms with Crippen LogP contribution in [0.4, 0.5) is 0 Å². The fourth-order valence-corrected chi connectivity index (χ4v) is 3.89. The summed E-state index contributed by atoms with van der Waals surface area (Å²) in [4.78, 5) is 0. The average molecular weight is 350 g/mol. The molecule has 136 valence electrons. The summed E-state index contributed by atoms with van der Waals surface area (Å²) in [6, 6.07) is 10.8. The Kier molecular flexibility index (Phi) is 6.29. The standard InChI is InChI=1S/C20H35NO2Si/c1-19(2,3)24(5,6)23-16-20(4,18-13-10-14-21-18)22-15-17-11-8-7-9-12-17/h7-9,11-12,18,21H,10,13-16H2,1-6H3/t18-,20-/m0/s1. The third kappa shape index (κ3) is 4.91. The predicted octanol–water partition coefficient (Wildman–Crippen LogP) is 4.74. The number of ether oxygens (including phenoxy) is 1. The van der Waals surface area contributed by atoms with Gasteiger partial charge in [-0.3, -0.25) is 0 Å². The maximum atomic E-state index is 6.53. The van der Waals surface area contributed by atoms with Gasteiger partial charge in [0.1, 0.15) is 5.60 Å². The van der Waals surface area contributed by atoms with E-state index in [9.17, 15) is 0 Å². The van der Waals surface area contributed by atoms with Crippen LogP contribution in [0.3, 0.4) is 0 Å². The number of benzene rings is 1. The van der Waals surface area contributed by atoms with Gasteiger partial charge in [0.2, 0.25) is 0 Å². The zero-order chi connectivity index (χ0) is 17.8. The molecule has 0 unspecified atom stereocenters. The van der Waals surface area contributed by atoms with Gasteiger partial charge in [-0.25, -0.2) is 0 Å². The van der Waals surface area contributed by atoms with Gasteiger partial charge in [0, 0.05) is 6.04 Å². The van der Waals surface area contributed by atoms with Crippen LogP contribution in [0.15, 0.2) is 30.3 Å². The highest BCUT2D eigenvalue weighted by Crippen LogP contribution is 2.38. The summed E-state index contributed by atoms with van der Waals surface area (Å²) in [6.07, 6.45) is 2.38. The van der Waals surface area contributed by atoms with Gasteiger partial charge in [-0.05, 0) is 50.0 Å². The molecule has 1 saturated heterocycles. The molecule has 0 saturated carbocycles. The van der Waals surface area contributed by atoms with Crippen LogP contribution >= 0.6 is 0 Å². The molecule has 0 bridgehead atoms. The minimum atomic E-state index is -1.78. The van der Waals surface area contributed by atoms with Crippen molar-refractivity contribution in [2.45, 2.75) is 76.9 Å². The molecule has 0 aromatic heterocycles. The van der Waals surface area contributed by atoms with E-state index in [-0.39, 0.29) is 10.6 Å². The van der Waals surface area contributed by atoms with Gasteiger partial charge in [-0.2, -0.15) is 0 Å². The van der Waals surface area contributed by atoms with E-state index in [0.29, 0.717) is 19.3 Å². The Balaban J connectivity index is 2.06. The van der Waals surface area contributed by atoms with Crippen molar-refractivity contribution < 1.29 is 9.16 Å². The average Bonchev–Trinajstić information content (AvgIpc) is 3.06. The molecule has 1 aromatic carbocycles. The number of hydrogen-bond acceptors (Lipinski definition) is 3. The van der Waals surface area contributed by atoms with Crippen LogP contribution < -0.4 is 5.32 Å². The Hall–Kier alpha value is -0.683. The van der Waals surface area contributed by atoms with Crippen molar-refractivity contribution in [2.75, 3.05) is 13.2 Å². The molecule has 1 aromatic rings. The van der Waals surface area contributed by atoms with E-state index in [4.69, 9.17) is 9.16 Å². The van der Waals surface area contributed by atoms with Crippen LogP contribution in [-0.2, 0) is 15.8 Å². The van der Waals surface area contributed by atoms with Crippen LogP contribution in [0, 0.1) is 0 Å². The first-order chi connectivity index (χ1) is 11.1. The molecule has 0 spiro atoms. The Morgan fingerprint density at radius 2 is 1.79 bits per heavy atom. The fourth-order valence-electron chi connectivity index (χ4n) is 2.81. The summed E-state index contributed by atoms with van der Waals surface area (Å²) >= 11 is 0. The van der Waals surface area contributed by atoms with Gasteiger partial charge in [-0.15, -0.1) is 0 Å². The molecule has 0 radical (unpaired) electrons. The molecule has 1 fully saturated rings. The summed E-state index contributed by atoms with van der Waals surface area (Å²) in [6.45, 7) is 16.1. The highest BCUT2D eigenvalue weighted by molar-refractivity contribution is 6.74. The van der Waals surface area contributed by atoms with Crippen LogP contribution in [-0.4, -0.2) is 33.1 Å². The highest BCUT2D eigenvalue weighted by Gasteiger charge is 2.42. The topological polar surface area (TPSA) is 30.5 Å². The second kappa shape index (κ2) is 7.69. The van der Waals surface area contributed by atoms with Crippen molar-refractivity contribution in [3.8, 4) is 0 Å². The highest BCUT2D eigenvalue weighted by atomic mass is 28.4. The number of rotatable bonds is 7. The smallest absolute Gasteiger partial charge is 0.192 e.